The number of nitrogen functional groups attached to an aromatic ring is 1. The highest BCUT2D eigenvalue weighted by Crippen LogP contribution is 2.31. The van der Waals surface area contributed by atoms with Crippen molar-refractivity contribution in [3.8, 4) is 22.6 Å². The van der Waals surface area contributed by atoms with E-state index in [2.05, 4.69) is 17.6 Å². The van der Waals surface area contributed by atoms with Gasteiger partial charge in [-0.15, -0.1) is 0 Å². The number of hydrogen-bond donors (Lipinski definition) is 3. The first-order valence-electron chi connectivity index (χ1n) is 10.9. The number of nitrogens with zero attached hydrogens (tertiary/aromatic N) is 2. The van der Waals surface area contributed by atoms with Gasteiger partial charge in [-0.2, -0.15) is 0 Å². The number of aromatic nitrogens is 2. The van der Waals surface area contributed by atoms with Crippen LogP contribution in [0.4, 0.5) is 5.69 Å². The predicted octanol–water partition coefficient (Wildman–Crippen LogP) is 4.54. The largest absolute Gasteiger partial charge is 0.398 e. The lowest BCUT2D eigenvalue weighted by Gasteiger charge is -2.17. The van der Waals surface area contributed by atoms with Gasteiger partial charge in [0, 0.05) is 39.8 Å². The standard InChI is InChI=1S/C26H24ClN5O/c1-15-13-29-14-23(15)31-26(33)19-9-7-17(11-21(19)28)25-30-22-10-8-18(27)12-20(22)24(32-25)16-5-3-2-4-6-16/h2-12,15,23,29H,13-14,28H2,1H3,(H,31,33). The number of benzene rings is 3. The number of halogens is 1. The molecule has 0 saturated carbocycles. The van der Waals surface area contributed by atoms with Gasteiger partial charge in [0.1, 0.15) is 0 Å². The summed E-state index contributed by atoms with van der Waals surface area (Å²) in [5.41, 5.74) is 10.4. The van der Waals surface area contributed by atoms with Crippen molar-refractivity contribution < 1.29 is 4.79 Å². The topological polar surface area (TPSA) is 92.9 Å². The first-order valence-corrected chi connectivity index (χ1v) is 11.3. The quantitative estimate of drug-likeness (QED) is 0.391. The number of carbonyl (C=O) groups excluding carboxylic acids is 1. The Kier molecular flexibility index (Phi) is 5.70. The Bertz CT molecular complexity index is 1340. The van der Waals surface area contributed by atoms with Gasteiger partial charge in [0.05, 0.1) is 16.8 Å². The number of fused-ring (bicyclic) bond motifs is 1. The van der Waals surface area contributed by atoms with Crippen LogP contribution in [-0.2, 0) is 0 Å². The average Bonchev–Trinajstić information content (AvgIpc) is 3.23. The van der Waals surface area contributed by atoms with Crippen LogP contribution in [0.5, 0.6) is 0 Å². The second kappa shape index (κ2) is 8.81. The molecule has 0 spiro atoms. The second-order valence-corrected chi connectivity index (χ2v) is 8.88. The van der Waals surface area contributed by atoms with E-state index in [9.17, 15) is 4.79 Å². The number of hydrogen-bond acceptors (Lipinski definition) is 5. The lowest BCUT2D eigenvalue weighted by atomic mass is 10.0. The molecule has 2 atom stereocenters. The second-order valence-electron chi connectivity index (χ2n) is 8.44. The van der Waals surface area contributed by atoms with Gasteiger partial charge in [-0.25, -0.2) is 9.97 Å². The summed E-state index contributed by atoms with van der Waals surface area (Å²) in [4.78, 5) is 22.4. The number of nitrogens with two attached hydrogens (primary N) is 1. The van der Waals surface area contributed by atoms with E-state index in [0.29, 0.717) is 28.0 Å². The van der Waals surface area contributed by atoms with Gasteiger partial charge >= 0.3 is 0 Å². The summed E-state index contributed by atoms with van der Waals surface area (Å²) in [7, 11) is 0. The molecule has 5 rings (SSSR count). The average molecular weight is 458 g/mol. The summed E-state index contributed by atoms with van der Waals surface area (Å²) in [6.45, 7) is 3.78. The Morgan fingerprint density at radius 1 is 1.03 bits per heavy atom. The van der Waals surface area contributed by atoms with Crippen LogP contribution >= 0.6 is 11.6 Å². The fraction of sp³-hybridized carbons (Fsp3) is 0.192. The van der Waals surface area contributed by atoms with Gasteiger partial charge in [-0.05, 0) is 42.8 Å². The van der Waals surface area contributed by atoms with Crippen molar-refractivity contribution in [2.45, 2.75) is 13.0 Å². The maximum absolute atomic E-state index is 12.8. The van der Waals surface area contributed by atoms with E-state index < -0.39 is 0 Å². The number of rotatable bonds is 4. The molecular formula is C26H24ClN5O. The Morgan fingerprint density at radius 2 is 1.85 bits per heavy atom. The minimum Gasteiger partial charge on any atom is -0.398 e. The van der Waals surface area contributed by atoms with E-state index in [-0.39, 0.29) is 11.9 Å². The SMILES string of the molecule is CC1CNCC1NC(=O)c1ccc(-c2nc(-c3ccccc3)c3cc(Cl)ccc3n2)cc1N. The maximum Gasteiger partial charge on any atom is 0.253 e. The summed E-state index contributed by atoms with van der Waals surface area (Å²) < 4.78 is 0. The van der Waals surface area contributed by atoms with E-state index in [4.69, 9.17) is 27.3 Å². The lowest BCUT2D eigenvalue weighted by Crippen LogP contribution is -2.39. The van der Waals surface area contributed by atoms with Crippen molar-refractivity contribution in [2.24, 2.45) is 5.92 Å². The van der Waals surface area contributed by atoms with Crippen LogP contribution in [-0.4, -0.2) is 35.0 Å². The molecule has 0 bridgehead atoms. The summed E-state index contributed by atoms with van der Waals surface area (Å²) in [6.07, 6.45) is 0. The van der Waals surface area contributed by atoms with Crippen molar-refractivity contribution in [3.05, 3.63) is 77.3 Å². The molecule has 1 fully saturated rings. The Morgan fingerprint density at radius 3 is 2.58 bits per heavy atom. The van der Waals surface area contributed by atoms with Gasteiger partial charge in [-0.3, -0.25) is 4.79 Å². The third-order valence-electron chi connectivity index (χ3n) is 6.09. The van der Waals surface area contributed by atoms with Crippen LogP contribution in [0.1, 0.15) is 17.3 Å². The predicted molar refractivity (Wildman–Crippen MR) is 133 cm³/mol. The highest BCUT2D eigenvalue weighted by atomic mass is 35.5. The van der Waals surface area contributed by atoms with Crippen molar-refractivity contribution in [1.82, 2.24) is 20.6 Å². The normalized spacial score (nSPS) is 17.9. The first-order chi connectivity index (χ1) is 16.0. The Labute approximate surface area is 197 Å². The molecule has 4 N–H and O–H groups in total. The highest BCUT2D eigenvalue weighted by Gasteiger charge is 2.25. The van der Waals surface area contributed by atoms with Gasteiger partial charge in [0.2, 0.25) is 0 Å². The van der Waals surface area contributed by atoms with E-state index in [1.165, 1.54) is 0 Å². The van der Waals surface area contributed by atoms with E-state index in [1.807, 2.05) is 54.6 Å². The summed E-state index contributed by atoms with van der Waals surface area (Å²) in [5, 5.41) is 7.87. The highest BCUT2D eigenvalue weighted by molar-refractivity contribution is 6.31. The van der Waals surface area contributed by atoms with E-state index in [1.54, 1.807) is 12.1 Å². The molecule has 166 valence electrons. The molecule has 0 aliphatic carbocycles. The third kappa shape index (κ3) is 4.27. The van der Waals surface area contributed by atoms with Gasteiger partial charge in [0.25, 0.3) is 5.91 Å². The van der Waals surface area contributed by atoms with Crippen LogP contribution in [0.2, 0.25) is 5.02 Å². The lowest BCUT2D eigenvalue weighted by molar-refractivity contribution is 0.0934. The summed E-state index contributed by atoms with van der Waals surface area (Å²) in [5.74, 6) is 0.750. The fourth-order valence-corrected chi connectivity index (χ4v) is 4.38. The van der Waals surface area contributed by atoms with Crippen molar-refractivity contribution in [3.63, 3.8) is 0 Å². The molecule has 1 amide bonds. The van der Waals surface area contributed by atoms with Crippen LogP contribution in [0, 0.1) is 5.92 Å². The third-order valence-corrected chi connectivity index (χ3v) is 6.33. The minimum absolute atomic E-state index is 0.0978. The molecule has 1 aliphatic heterocycles. The van der Waals surface area contributed by atoms with Gasteiger partial charge < -0.3 is 16.4 Å². The molecule has 2 heterocycles. The molecule has 1 aromatic heterocycles. The molecule has 2 unspecified atom stereocenters. The molecule has 0 radical (unpaired) electrons. The maximum atomic E-state index is 12.8. The molecule has 6 nitrogen and oxygen atoms in total. The number of amides is 1. The number of anilines is 1. The Balaban J connectivity index is 1.53. The fourth-order valence-electron chi connectivity index (χ4n) is 4.20. The zero-order chi connectivity index (χ0) is 22.9. The zero-order valence-electron chi connectivity index (χ0n) is 18.2. The minimum atomic E-state index is -0.168. The number of nitrogens with one attached hydrogen (secondary N) is 2. The number of carbonyl (C=O) groups is 1. The molecule has 3 aromatic carbocycles. The van der Waals surface area contributed by atoms with Crippen LogP contribution in [0.15, 0.2) is 66.7 Å². The van der Waals surface area contributed by atoms with Gasteiger partial charge in [0.15, 0.2) is 5.82 Å². The summed E-state index contributed by atoms with van der Waals surface area (Å²) >= 11 is 6.26. The van der Waals surface area contributed by atoms with Crippen LogP contribution in [0.3, 0.4) is 0 Å². The van der Waals surface area contributed by atoms with Crippen molar-refractivity contribution in [2.75, 3.05) is 18.8 Å². The van der Waals surface area contributed by atoms with Gasteiger partial charge in [-0.1, -0.05) is 54.9 Å². The molecule has 4 aromatic rings. The van der Waals surface area contributed by atoms with Crippen LogP contribution < -0.4 is 16.4 Å². The first kappa shape index (κ1) is 21.4. The molecule has 1 aliphatic rings. The smallest absolute Gasteiger partial charge is 0.253 e. The zero-order valence-corrected chi connectivity index (χ0v) is 18.9. The summed E-state index contributed by atoms with van der Waals surface area (Å²) in [6, 6.07) is 20.9. The van der Waals surface area contributed by atoms with E-state index in [0.717, 1.165) is 40.8 Å². The van der Waals surface area contributed by atoms with Crippen molar-refractivity contribution >= 4 is 34.1 Å². The van der Waals surface area contributed by atoms with Crippen molar-refractivity contribution in [1.29, 1.82) is 0 Å². The molecule has 1 saturated heterocycles. The molecular weight excluding hydrogens is 434 g/mol. The van der Waals surface area contributed by atoms with Crippen LogP contribution in [0.25, 0.3) is 33.5 Å². The molecule has 7 heteroatoms. The van der Waals surface area contributed by atoms with E-state index >= 15 is 0 Å². The molecule has 33 heavy (non-hydrogen) atoms. The monoisotopic (exact) mass is 457 g/mol. The Hall–Kier alpha value is -3.48.